The van der Waals surface area contributed by atoms with Crippen LogP contribution in [-0.4, -0.2) is 68.0 Å². The number of thiocarbonyl (C=S) groups is 1. The van der Waals surface area contributed by atoms with E-state index >= 15 is 0 Å². The quantitative estimate of drug-likeness (QED) is 0.648. The molecule has 0 aromatic heterocycles. The number of carbonyl (C=O) groups is 1. The lowest BCUT2D eigenvalue weighted by atomic mass is 9.95. The van der Waals surface area contributed by atoms with Crippen molar-refractivity contribution in [3.8, 4) is 0 Å². The van der Waals surface area contributed by atoms with Gasteiger partial charge in [-0.3, -0.25) is 10.1 Å². The van der Waals surface area contributed by atoms with Crippen molar-refractivity contribution in [1.29, 1.82) is 0 Å². The molecule has 0 bridgehead atoms. The number of hydrogen-bond donors (Lipinski definition) is 1. The fourth-order valence-corrected chi connectivity index (χ4v) is 6.20. The molecule has 30 heavy (non-hydrogen) atoms. The van der Waals surface area contributed by atoms with Gasteiger partial charge in [0.15, 0.2) is 5.11 Å². The van der Waals surface area contributed by atoms with Crippen molar-refractivity contribution in [2.75, 3.05) is 33.4 Å². The molecule has 1 aliphatic heterocycles. The highest BCUT2D eigenvalue weighted by Gasteiger charge is 2.30. The summed E-state index contributed by atoms with van der Waals surface area (Å²) in [5.74, 6) is -0.567. The third kappa shape index (κ3) is 5.26. The van der Waals surface area contributed by atoms with E-state index in [1.165, 1.54) is 22.9 Å². The van der Waals surface area contributed by atoms with Crippen molar-refractivity contribution < 1.29 is 17.9 Å². The fourth-order valence-electron chi connectivity index (χ4n) is 3.71. The van der Waals surface area contributed by atoms with Gasteiger partial charge in [0.1, 0.15) is 4.90 Å². The first kappa shape index (κ1) is 23.7. The predicted octanol–water partition coefficient (Wildman–Crippen LogP) is 3.29. The summed E-state index contributed by atoms with van der Waals surface area (Å²) in [6.45, 7) is 1.05. The monoisotopic (exact) mass is 493 g/mol. The summed E-state index contributed by atoms with van der Waals surface area (Å²) in [6.07, 6.45) is 5.53. The van der Waals surface area contributed by atoms with E-state index in [0.717, 1.165) is 25.7 Å². The number of halogens is 2. The summed E-state index contributed by atoms with van der Waals surface area (Å²) >= 11 is 17.8. The first-order valence-corrected chi connectivity index (χ1v) is 12.5. The molecule has 1 saturated carbocycles. The standard InChI is InChI=1S/C19H25Cl2N3O4S2/c1-23(13-5-3-2-4-6-13)19(29)22-18(25)14-11-17(16(21)12-15(14)20)30(26,27)24-7-9-28-10-8-24/h11-13H,2-10H2,1H3,(H,22,25,29). The van der Waals surface area contributed by atoms with Crippen LogP contribution in [-0.2, 0) is 14.8 Å². The molecule has 1 N–H and O–H groups in total. The van der Waals surface area contributed by atoms with E-state index in [1.54, 1.807) is 0 Å². The van der Waals surface area contributed by atoms with Gasteiger partial charge in [0.25, 0.3) is 5.91 Å². The average molecular weight is 494 g/mol. The van der Waals surface area contributed by atoms with E-state index in [4.69, 9.17) is 40.2 Å². The SMILES string of the molecule is CN(C(=S)NC(=O)c1cc(S(=O)(=O)N2CCOCC2)c(Cl)cc1Cl)C1CCCCC1. The lowest BCUT2D eigenvalue weighted by Gasteiger charge is -2.33. The lowest BCUT2D eigenvalue weighted by Crippen LogP contribution is -2.46. The van der Waals surface area contributed by atoms with E-state index in [9.17, 15) is 13.2 Å². The maximum absolute atomic E-state index is 13.0. The third-order valence-electron chi connectivity index (χ3n) is 5.52. The minimum Gasteiger partial charge on any atom is -0.379 e. The Labute approximate surface area is 192 Å². The predicted molar refractivity (Wildman–Crippen MR) is 121 cm³/mol. The third-order valence-corrected chi connectivity index (χ3v) is 8.58. The molecule has 1 amide bonds. The molecule has 2 aliphatic rings. The van der Waals surface area contributed by atoms with Crippen LogP contribution >= 0.6 is 35.4 Å². The molecule has 1 aliphatic carbocycles. The number of benzene rings is 1. The van der Waals surface area contributed by atoms with Gasteiger partial charge < -0.3 is 9.64 Å². The van der Waals surface area contributed by atoms with Crippen molar-refractivity contribution in [3.05, 3.63) is 27.7 Å². The van der Waals surface area contributed by atoms with Crippen molar-refractivity contribution in [2.24, 2.45) is 0 Å². The van der Waals surface area contributed by atoms with Gasteiger partial charge >= 0.3 is 0 Å². The van der Waals surface area contributed by atoms with Crippen LogP contribution in [0.4, 0.5) is 0 Å². The number of ether oxygens (including phenoxy) is 1. The highest BCUT2D eigenvalue weighted by molar-refractivity contribution is 7.89. The Balaban J connectivity index is 1.80. The zero-order chi connectivity index (χ0) is 21.9. The molecule has 1 heterocycles. The Morgan fingerprint density at radius 1 is 1.17 bits per heavy atom. The van der Waals surface area contributed by atoms with E-state index in [2.05, 4.69) is 5.32 Å². The van der Waals surface area contributed by atoms with Gasteiger partial charge in [-0.15, -0.1) is 0 Å². The van der Waals surface area contributed by atoms with Crippen molar-refractivity contribution in [1.82, 2.24) is 14.5 Å². The molecule has 1 aromatic carbocycles. The smallest absolute Gasteiger partial charge is 0.258 e. The van der Waals surface area contributed by atoms with Crippen LogP contribution in [0.1, 0.15) is 42.5 Å². The number of sulfonamides is 1. The maximum atomic E-state index is 13.0. The lowest BCUT2D eigenvalue weighted by molar-refractivity contribution is 0.0730. The normalized spacial score (nSPS) is 18.8. The van der Waals surface area contributed by atoms with Gasteiger partial charge in [0.05, 0.1) is 28.8 Å². The molecule has 2 fully saturated rings. The summed E-state index contributed by atoms with van der Waals surface area (Å²) in [7, 11) is -2.03. The Kier molecular flexibility index (Phi) is 7.97. The number of hydrogen-bond acceptors (Lipinski definition) is 5. The van der Waals surface area contributed by atoms with Gasteiger partial charge in [0, 0.05) is 26.2 Å². The molecule has 3 rings (SSSR count). The number of rotatable bonds is 4. The van der Waals surface area contributed by atoms with Crippen LogP contribution in [0, 0.1) is 0 Å². The molecular formula is C19H25Cl2N3O4S2. The van der Waals surface area contributed by atoms with Crippen molar-refractivity contribution in [2.45, 2.75) is 43.0 Å². The topological polar surface area (TPSA) is 79.0 Å². The van der Waals surface area contributed by atoms with Gasteiger partial charge in [-0.2, -0.15) is 4.31 Å². The number of carbonyl (C=O) groups excluding carboxylic acids is 1. The first-order valence-electron chi connectivity index (χ1n) is 9.87. The van der Waals surface area contributed by atoms with Crippen molar-refractivity contribution >= 4 is 56.5 Å². The minimum absolute atomic E-state index is 0.00675. The van der Waals surface area contributed by atoms with E-state index < -0.39 is 15.9 Å². The molecule has 0 radical (unpaired) electrons. The van der Waals surface area contributed by atoms with E-state index in [0.29, 0.717) is 13.2 Å². The highest BCUT2D eigenvalue weighted by Crippen LogP contribution is 2.31. The number of nitrogens with one attached hydrogen (secondary N) is 1. The van der Waals surface area contributed by atoms with E-state index in [1.807, 2.05) is 11.9 Å². The molecule has 1 aromatic rings. The molecule has 166 valence electrons. The van der Waals surface area contributed by atoms with Gasteiger partial charge in [0.2, 0.25) is 10.0 Å². The second-order valence-corrected chi connectivity index (χ2v) is 10.5. The van der Waals surface area contributed by atoms with Crippen molar-refractivity contribution in [3.63, 3.8) is 0 Å². The van der Waals surface area contributed by atoms with Crippen LogP contribution in [0.25, 0.3) is 0 Å². The second kappa shape index (κ2) is 10.1. The zero-order valence-electron chi connectivity index (χ0n) is 16.7. The first-order chi connectivity index (χ1) is 14.2. The minimum atomic E-state index is -3.89. The number of nitrogens with zero attached hydrogens (tertiary/aromatic N) is 2. The molecule has 1 saturated heterocycles. The Morgan fingerprint density at radius 3 is 2.43 bits per heavy atom. The summed E-state index contributed by atoms with van der Waals surface area (Å²) in [5, 5.41) is 2.98. The zero-order valence-corrected chi connectivity index (χ0v) is 19.8. The summed E-state index contributed by atoms with van der Waals surface area (Å²) in [4.78, 5) is 14.6. The highest BCUT2D eigenvalue weighted by atomic mass is 35.5. The largest absolute Gasteiger partial charge is 0.379 e. The van der Waals surface area contributed by atoms with Crippen LogP contribution in [0.2, 0.25) is 10.0 Å². The second-order valence-electron chi connectivity index (χ2n) is 7.44. The molecule has 0 spiro atoms. The molecule has 11 heteroatoms. The summed E-state index contributed by atoms with van der Waals surface area (Å²) < 4.78 is 32.5. The average Bonchev–Trinajstić information content (AvgIpc) is 2.74. The molecule has 0 unspecified atom stereocenters. The fraction of sp³-hybridized carbons (Fsp3) is 0.579. The van der Waals surface area contributed by atoms with Gasteiger partial charge in [-0.25, -0.2) is 8.42 Å². The molecular weight excluding hydrogens is 469 g/mol. The number of morpholine rings is 1. The van der Waals surface area contributed by atoms with Crippen LogP contribution in [0.5, 0.6) is 0 Å². The van der Waals surface area contributed by atoms with Crippen LogP contribution in [0.3, 0.4) is 0 Å². The van der Waals surface area contributed by atoms with Gasteiger partial charge in [-0.05, 0) is 37.2 Å². The van der Waals surface area contributed by atoms with Crippen LogP contribution in [0.15, 0.2) is 17.0 Å². The molecule has 7 nitrogen and oxygen atoms in total. The van der Waals surface area contributed by atoms with Crippen LogP contribution < -0.4 is 5.32 Å². The summed E-state index contributed by atoms with van der Waals surface area (Å²) in [6, 6.07) is 2.78. The Bertz CT molecular complexity index is 915. The van der Waals surface area contributed by atoms with E-state index in [-0.39, 0.29) is 44.7 Å². The maximum Gasteiger partial charge on any atom is 0.258 e. The number of amides is 1. The Morgan fingerprint density at radius 2 is 1.80 bits per heavy atom. The Hall–Kier alpha value is -0.970. The van der Waals surface area contributed by atoms with Gasteiger partial charge in [-0.1, -0.05) is 42.5 Å². The summed E-state index contributed by atoms with van der Waals surface area (Å²) in [5.41, 5.74) is 0.00675. The molecule has 0 atom stereocenters.